The molecule has 0 aliphatic carbocycles. The molecule has 2 aromatic rings. The molecule has 152 valence electrons. The molecule has 1 aliphatic heterocycles. The number of carbonyl (C=O) groups excluding carboxylic acids is 1. The first-order valence-electron chi connectivity index (χ1n) is 9.99. The summed E-state index contributed by atoms with van der Waals surface area (Å²) in [7, 11) is 2.15. The van der Waals surface area contributed by atoms with Crippen LogP contribution in [0.4, 0.5) is 0 Å². The molecule has 1 fully saturated rings. The van der Waals surface area contributed by atoms with Crippen molar-refractivity contribution in [2.45, 2.75) is 26.5 Å². The zero-order chi connectivity index (χ0) is 19.9. The Labute approximate surface area is 167 Å². The molecule has 1 aromatic carbocycles. The van der Waals surface area contributed by atoms with Crippen LogP contribution in [-0.4, -0.2) is 61.5 Å². The van der Waals surface area contributed by atoms with Crippen LogP contribution in [0.2, 0.25) is 0 Å². The second kappa shape index (κ2) is 9.75. The summed E-state index contributed by atoms with van der Waals surface area (Å²) in [5.41, 5.74) is 0.752. The van der Waals surface area contributed by atoms with Crippen molar-refractivity contribution in [3.8, 4) is 5.75 Å². The van der Waals surface area contributed by atoms with Gasteiger partial charge < -0.3 is 19.4 Å². The van der Waals surface area contributed by atoms with E-state index in [0.29, 0.717) is 30.9 Å². The highest BCUT2D eigenvalue weighted by Gasteiger charge is 2.26. The lowest BCUT2D eigenvalue weighted by molar-refractivity contribution is 0.0775. The molecule has 0 spiro atoms. The van der Waals surface area contributed by atoms with E-state index in [9.17, 15) is 4.79 Å². The molecule has 3 rings (SSSR count). The Morgan fingerprint density at radius 3 is 2.54 bits per heavy atom. The lowest BCUT2D eigenvalue weighted by Crippen LogP contribution is -2.54. The zero-order valence-electron chi connectivity index (χ0n) is 17.1. The van der Waals surface area contributed by atoms with Crippen molar-refractivity contribution in [2.24, 2.45) is 5.92 Å². The molecule has 1 N–H and O–H groups in total. The van der Waals surface area contributed by atoms with E-state index in [1.807, 2.05) is 30.3 Å². The summed E-state index contributed by atoms with van der Waals surface area (Å²) in [6.07, 6.45) is 1.54. The second-order valence-electron chi connectivity index (χ2n) is 7.74. The lowest BCUT2D eigenvalue weighted by Gasteiger charge is -2.39. The van der Waals surface area contributed by atoms with Gasteiger partial charge in [0.15, 0.2) is 5.76 Å². The van der Waals surface area contributed by atoms with Crippen LogP contribution in [0, 0.1) is 5.92 Å². The van der Waals surface area contributed by atoms with Gasteiger partial charge in [-0.05, 0) is 31.2 Å². The van der Waals surface area contributed by atoms with Gasteiger partial charge in [-0.1, -0.05) is 32.0 Å². The van der Waals surface area contributed by atoms with Gasteiger partial charge in [-0.2, -0.15) is 0 Å². The van der Waals surface area contributed by atoms with E-state index in [2.05, 4.69) is 36.0 Å². The number of rotatable bonds is 8. The molecular formula is C22H31N3O3. The molecule has 0 bridgehead atoms. The minimum atomic E-state index is -0.184. The molecule has 1 saturated heterocycles. The monoisotopic (exact) mass is 385 g/mol. The third-order valence-electron chi connectivity index (χ3n) is 5.34. The minimum Gasteiger partial charge on any atom is -0.489 e. The zero-order valence-corrected chi connectivity index (χ0v) is 17.1. The smallest absolute Gasteiger partial charge is 0.287 e. The van der Waals surface area contributed by atoms with Crippen molar-refractivity contribution in [1.82, 2.24) is 15.1 Å². The Bertz CT molecular complexity index is 736. The highest BCUT2D eigenvalue weighted by molar-refractivity contribution is 5.92. The topological polar surface area (TPSA) is 58.0 Å². The van der Waals surface area contributed by atoms with Gasteiger partial charge in [0.25, 0.3) is 5.91 Å². The van der Waals surface area contributed by atoms with Gasteiger partial charge in [0.2, 0.25) is 0 Å². The van der Waals surface area contributed by atoms with Crippen molar-refractivity contribution in [2.75, 3.05) is 39.8 Å². The third-order valence-corrected chi connectivity index (χ3v) is 5.34. The number of hydrogen-bond donors (Lipinski definition) is 1. The van der Waals surface area contributed by atoms with Gasteiger partial charge in [-0.3, -0.25) is 9.69 Å². The van der Waals surface area contributed by atoms with Crippen LogP contribution in [0.1, 0.15) is 30.0 Å². The Balaban J connectivity index is 1.56. The number of nitrogens with zero attached hydrogens (tertiary/aromatic N) is 2. The molecule has 0 radical (unpaired) electrons. The molecule has 0 saturated carbocycles. The molecule has 2 heterocycles. The van der Waals surface area contributed by atoms with Crippen LogP contribution in [0.25, 0.3) is 0 Å². The van der Waals surface area contributed by atoms with Gasteiger partial charge >= 0.3 is 0 Å². The van der Waals surface area contributed by atoms with E-state index in [1.54, 1.807) is 12.3 Å². The van der Waals surface area contributed by atoms with Crippen molar-refractivity contribution in [3.63, 3.8) is 0 Å². The minimum absolute atomic E-state index is 0.184. The number of amides is 1. The summed E-state index contributed by atoms with van der Waals surface area (Å²) < 4.78 is 11.2. The SMILES string of the molecule is CC(C)C(CNC(=O)c1occc1COc1ccccc1)N1CCN(C)CC1. The highest BCUT2D eigenvalue weighted by Crippen LogP contribution is 2.17. The van der Waals surface area contributed by atoms with E-state index in [1.165, 1.54) is 0 Å². The summed E-state index contributed by atoms with van der Waals surface area (Å²) in [6, 6.07) is 11.7. The third kappa shape index (κ3) is 5.36. The van der Waals surface area contributed by atoms with Crippen LogP contribution < -0.4 is 10.1 Å². The molecule has 1 unspecified atom stereocenters. The number of ether oxygens (including phenoxy) is 1. The van der Waals surface area contributed by atoms with E-state index in [-0.39, 0.29) is 5.91 Å². The van der Waals surface area contributed by atoms with Gasteiger partial charge in [-0.25, -0.2) is 0 Å². The summed E-state index contributed by atoms with van der Waals surface area (Å²) in [4.78, 5) is 17.5. The van der Waals surface area contributed by atoms with Gasteiger partial charge in [0.05, 0.1) is 6.26 Å². The molecular weight excluding hydrogens is 354 g/mol. The van der Waals surface area contributed by atoms with Crippen molar-refractivity contribution in [3.05, 3.63) is 54.0 Å². The van der Waals surface area contributed by atoms with Crippen molar-refractivity contribution in [1.29, 1.82) is 0 Å². The standard InChI is InChI=1S/C22H31N3O3/c1-17(2)20(25-12-10-24(3)11-13-25)15-23-22(26)21-18(9-14-27-21)16-28-19-7-5-4-6-8-19/h4-9,14,17,20H,10-13,15-16H2,1-3H3,(H,23,26). The van der Waals surface area contributed by atoms with E-state index < -0.39 is 0 Å². The number of nitrogens with one attached hydrogen (secondary N) is 1. The Hall–Kier alpha value is -2.31. The maximum Gasteiger partial charge on any atom is 0.287 e. The van der Waals surface area contributed by atoms with E-state index in [0.717, 1.165) is 37.5 Å². The summed E-state index contributed by atoms with van der Waals surface area (Å²) in [5.74, 6) is 1.37. The Kier molecular flexibility index (Phi) is 7.12. The lowest BCUT2D eigenvalue weighted by atomic mass is 10.0. The van der Waals surface area contributed by atoms with E-state index in [4.69, 9.17) is 9.15 Å². The fourth-order valence-electron chi connectivity index (χ4n) is 3.54. The number of benzene rings is 1. The van der Waals surface area contributed by atoms with Gasteiger partial charge in [0, 0.05) is 44.3 Å². The molecule has 1 aromatic heterocycles. The van der Waals surface area contributed by atoms with Crippen LogP contribution >= 0.6 is 0 Å². The van der Waals surface area contributed by atoms with E-state index >= 15 is 0 Å². The fraction of sp³-hybridized carbons (Fsp3) is 0.500. The second-order valence-corrected chi connectivity index (χ2v) is 7.74. The van der Waals surface area contributed by atoms with Crippen molar-refractivity contribution >= 4 is 5.91 Å². The quantitative estimate of drug-likeness (QED) is 0.757. The maximum atomic E-state index is 12.7. The Morgan fingerprint density at radius 1 is 1.14 bits per heavy atom. The average Bonchev–Trinajstić information content (AvgIpc) is 3.17. The van der Waals surface area contributed by atoms with Crippen LogP contribution in [0.3, 0.4) is 0 Å². The van der Waals surface area contributed by atoms with Crippen LogP contribution in [0.15, 0.2) is 47.1 Å². The first-order chi connectivity index (χ1) is 13.5. The number of hydrogen-bond acceptors (Lipinski definition) is 5. The number of carbonyl (C=O) groups is 1. The number of furan rings is 1. The molecule has 1 aliphatic rings. The average molecular weight is 386 g/mol. The van der Waals surface area contributed by atoms with Gasteiger partial charge in [0.1, 0.15) is 12.4 Å². The summed E-state index contributed by atoms with van der Waals surface area (Å²) >= 11 is 0. The summed E-state index contributed by atoms with van der Waals surface area (Å²) in [6.45, 7) is 9.53. The normalized spacial score (nSPS) is 16.9. The summed E-state index contributed by atoms with van der Waals surface area (Å²) in [5, 5.41) is 3.07. The van der Waals surface area contributed by atoms with Crippen LogP contribution in [0.5, 0.6) is 5.75 Å². The van der Waals surface area contributed by atoms with Gasteiger partial charge in [-0.15, -0.1) is 0 Å². The molecule has 1 amide bonds. The molecule has 6 nitrogen and oxygen atoms in total. The molecule has 1 atom stereocenters. The predicted octanol–water partition coefficient (Wildman–Crippen LogP) is 2.86. The molecule has 6 heteroatoms. The van der Waals surface area contributed by atoms with Crippen LogP contribution in [-0.2, 0) is 6.61 Å². The number of para-hydroxylation sites is 1. The first-order valence-corrected chi connectivity index (χ1v) is 9.99. The Morgan fingerprint density at radius 2 is 1.86 bits per heavy atom. The first kappa shape index (κ1) is 20.4. The maximum absolute atomic E-state index is 12.7. The molecule has 28 heavy (non-hydrogen) atoms. The highest BCUT2D eigenvalue weighted by atomic mass is 16.5. The largest absolute Gasteiger partial charge is 0.489 e. The van der Waals surface area contributed by atoms with Crippen molar-refractivity contribution < 1.29 is 13.9 Å². The fourth-order valence-corrected chi connectivity index (χ4v) is 3.54. The number of likely N-dealkylation sites (N-methyl/N-ethyl adjacent to an activating group) is 1. The number of piperazine rings is 1. The predicted molar refractivity (Wildman–Crippen MR) is 110 cm³/mol.